The zero-order chi connectivity index (χ0) is 69.2. The van der Waals surface area contributed by atoms with Crippen molar-refractivity contribution in [2.45, 2.75) is 38.5 Å². The van der Waals surface area contributed by atoms with Gasteiger partial charge in [0.1, 0.15) is 4.83 Å². The summed E-state index contributed by atoms with van der Waals surface area (Å²) in [4.78, 5) is 6.81. The molecule has 0 radical (unpaired) electrons. The van der Waals surface area contributed by atoms with Gasteiger partial charge in [0.05, 0.1) is 26.9 Å². The second-order valence-electron chi connectivity index (χ2n) is 31.6. The second-order valence-corrected chi connectivity index (χ2v) is 33.7. The van der Waals surface area contributed by atoms with Crippen LogP contribution in [0.1, 0.15) is 49.9 Å². The fraction of sp³-hybridized carbons (Fsp3) is 0.0612. The molecule has 490 valence electrons. The predicted octanol–water partition coefficient (Wildman–Crippen LogP) is 23.7. The first-order chi connectivity index (χ1) is 52.1. The maximum Gasteiger partial charge on any atom is 0.333 e. The Labute approximate surface area is 619 Å². The Morgan fingerprint density at radius 1 is 0.302 bits per heavy atom. The quantitative estimate of drug-likeness (QED) is 0.164. The highest BCUT2D eigenvalue weighted by Crippen LogP contribution is 2.58. The van der Waals surface area contributed by atoms with Gasteiger partial charge in [0.25, 0.3) is 0 Å². The van der Waals surface area contributed by atoms with Crippen molar-refractivity contribution in [1.82, 2.24) is 9.13 Å². The molecule has 2 aliphatic carbocycles. The second kappa shape index (κ2) is 19.6. The number of benzene rings is 16. The lowest BCUT2D eigenvalue weighted by Gasteiger charge is -2.43. The molecule has 20 aromatic rings. The lowest BCUT2D eigenvalue weighted by Crippen LogP contribution is -2.60. The number of aromatic nitrogens is 2. The maximum absolute atomic E-state index is 2.79. The standard InChI is InChI=1S/C98H60B2N4S2/c1-97(2)75-33-14-11-26-64(75)66-42-40-57(51-77(66)97)103-81-46-38-53-20-5-8-23-60(53)86(81)87-61-24-9-6-22-55(61)50-82-89(87)100(103)79-35-18-31-71-85-74-49-56(39-47-84(74)106-96(85)101(82)91(71)79)59-29-17-30-68-63(59)44-45-69-73-48-54-21-7-10-25-62(54)93-88(73)99(80-36-19-32-72-92(80)102(93)94-70-28-13-16-37-83(70)105-95(72)94)104(90(68)69)58-41-43-67-65-27-12-15-34-76(65)98(3,4)78(67)52-58/h5-52H,1-4H3. The van der Waals surface area contributed by atoms with Gasteiger partial charge in [0.2, 0.25) is 0 Å². The summed E-state index contributed by atoms with van der Waals surface area (Å²) in [6.45, 7) is 9.40. The zero-order valence-electron chi connectivity index (χ0n) is 58.5. The number of hydrogen-bond acceptors (Lipinski definition) is 4. The lowest BCUT2D eigenvalue weighted by atomic mass is 9.43. The van der Waals surface area contributed by atoms with Gasteiger partial charge in [-0.3, -0.25) is 0 Å². The third kappa shape index (κ3) is 6.84. The molecule has 0 unspecified atom stereocenters. The number of thiophene rings is 2. The molecule has 0 saturated carbocycles. The van der Waals surface area contributed by atoms with E-state index < -0.39 is 0 Å². The molecule has 0 fully saturated rings. The first kappa shape index (κ1) is 57.2. The van der Waals surface area contributed by atoms with Crippen LogP contribution in [0, 0.1) is 0 Å². The predicted molar refractivity (Wildman–Crippen MR) is 455 cm³/mol. The van der Waals surface area contributed by atoms with Gasteiger partial charge in [-0.1, -0.05) is 258 Å². The average molecular weight is 1380 g/mol. The molecule has 0 bridgehead atoms. The third-order valence-corrected chi connectivity index (χ3v) is 28.3. The summed E-state index contributed by atoms with van der Waals surface area (Å²) < 4.78 is 9.35. The van der Waals surface area contributed by atoms with E-state index >= 15 is 0 Å². The summed E-state index contributed by atoms with van der Waals surface area (Å²) in [5, 5.41) is 16.6. The van der Waals surface area contributed by atoms with Crippen molar-refractivity contribution in [3.8, 4) is 67.0 Å². The Hall–Kier alpha value is -12.2. The van der Waals surface area contributed by atoms with Crippen molar-refractivity contribution in [1.29, 1.82) is 0 Å². The van der Waals surface area contributed by atoms with E-state index in [1.165, 1.54) is 239 Å². The largest absolute Gasteiger partial charge is 0.376 e. The summed E-state index contributed by atoms with van der Waals surface area (Å²) >= 11 is 3.88. The van der Waals surface area contributed by atoms with Crippen molar-refractivity contribution >= 4 is 186 Å². The van der Waals surface area contributed by atoms with Crippen molar-refractivity contribution in [3.05, 3.63) is 313 Å². The van der Waals surface area contributed by atoms with E-state index in [-0.39, 0.29) is 24.5 Å². The maximum atomic E-state index is 2.79. The third-order valence-electron chi connectivity index (χ3n) is 26.0. The van der Waals surface area contributed by atoms with Gasteiger partial charge in [-0.05, 0) is 182 Å². The number of anilines is 4. The number of hydrogen-bond donors (Lipinski definition) is 0. The number of nitrogens with zero attached hydrogens (tertiary/aromatic N) is 4. The van der Waals surface area contributed by atoms with E-state index in [0.717, 1.165) is 0 Å². The zero-order valence-corrected chi connectivity index (χ0v) is 60.1. The van der Waals surface area contributed by atoms with Crippen LogP contribution in [0.5, 0.6) is 0 Å². The van der Waals surface area contributed by atoms with Crippen molar-refractivity contribution in [2.24, 2.45) is 0 Å². The highest BCUT2D eigenvalue weighted by molar-refractivity contribution is 7.27. The molecule has 8 heteroatoms. The molecule has 0 spiro atoms. The lowest BCUT2D eigenvalue weighted by molar-refractivity contribution is 0.660. The minimum absolute atomic E-state index is 0.127. The van der Waals surface area contributed by atoms with Crippen LogP contribution in [0.4, 0.5) is 22.7 Å². The van der Waals surface area contributed by atoms with E-state index in [0.29, 0.717) is 0 Å². The average Bonchev–Trinajstić information content (AvgIpc) is 1.28. The minimum atomic E-state index is -0.206. The molecule has 16 aromatic carbocycles. The van der Waals surface area contributed by atoms with E-state index in [2.05, 4.69) is 338 Å². The normalized spacial score (nSPS) is 14.9. The molecule has 0 N–H and O–H groups in total. The van der Waals surface area contributed by atoms with E-state index in [1.54, 1.807) is 0 Å². The van der Waals surface area contributed by atoms with Crippen LogP contribution >= 0.6 is 22.7 Å². The summed E-state index contributed by atoms with van der Waals surface area (Å²) in [5.41, 5.74) is 34.9. The molecule has 0 atom stereocenters. The highest BCUT2D eigenvalue weighted by atomic mass is 32.1. The van der Waals surface area contributed by atoms with E-state index in [4.69, 9.17) is 0 Å². The monoisotopic (exact) mass is 1380 g/mol. The Balaban J connectivity index is 0.715. The van der Waals surface area contributed by atoms with Crippen LogP contribution in [-0.2, 0) is 10.8 Å². The minimum Gasteiger partial charge on any atom is -0.376 e. The number of rotatable bonds is 3. The van der Waals surface area contributed by atoms with Crippen molar-refractivity contribution in [2.75, 3.05) is 9.62 Å². The van der Waals surface area contributed by atoms with Crippen LogP contribution in [0.15, 0.2) is 291 Å². The Morgan fingerprint density at radius 3 is 1.62 bits per heavy atom. The summed E-state index contributed by atoms with van der Waals surface area (Å²) in [6.07, 6.45) is 0. The molecule has 4 aliphatic heterocycles. The molecule has 26 rings (SSSR count). The first-order valence-corrected chi connectivity index (χ1v) is 39.0. The van der Waals surface area contributed by atoms with Crippen LogP contribution < -0.4 is 31.5 Å². The SMILES string of the molecule is CC1(C)c2ccccc2-c2ccc(N3B4c5c(cc6ccccc6c5-c5c3ccc3ccccc53)-n3c5sc6ccc(-c7cccc8c9c(ccc78)-c7cc8ccccc8c8c7B(c7cccc%10c%11sc%12ccccc%12c%11n-8c7%10)N9c7ccc8c(c7)C(C)(C)c7ccccc7-8)cc6c5c5cccc4c53)cc21. The molecule has 106 heavy (non-hydrogen) atoms. The molecule has 0 amide bonds. The molecular weight excluding hydrogens is 1320 g/mol. The van der Waals surface area contributed by atoms with Gasteiger partial charge in [0.15, 0.2) is 0 Å². The van der Waals surface area contributed by atoms with E-state index in [9.17, 15) is 0 Å². The molecular formula is C98H60B2N4S2. The van der Waals surface area contributed by atoms with Crippen molar-refractivity contribution in [3.63, 3.8) is 0 Å². The Morgan fingerprint density at radius 2 is 0.868 bits per heavy atom. The number of fused-ring (bicyclic) bond motifs is 32. The fourth-order valence-electron chi connectivity index (χ4n) is 21.5. The van der Waals surface area contributed by atoms with Crippen molar-refractivity contribution < 1.29 is 0 Å². The Kier molecular flexibility index (Phi) is 10.6. The summed E-state index contributed by atoms with van der Waals surface area (Å²) in [7, 11) is 0. The molecule has 4 aromatic heterocycles. The van der Waals surface area contributed by atoms with Gasteiger partial charge in [-0.25, -0.2) is 0 Å². The molecule has 6 aliphatic rings. The van der Waals surface area contributed by atoms with Gasteiger partial charge in [-0.15, -0.1) is 22.7 Å². The molecule has 4 nitrogen and oxygen atoms in total. The highest BCUT2D eigenvalue weighted by Gasteiger charge is 2.49. The number of para-hydroxylation sites is 2. The molecule has 8 heterocycles. The van der Waals surface area contributed by atoms with Gasteiger partial charge in [-0.2, -0.15) is 0 Å². The first-order valence-electron chi connectivity index (χ1n) is 37.4. The van der Waals surface area contributed by atoms with E-state index in [1.807, 2.05) is 22.7 Å². The van der Waals surface area contributed by atoms with Crippen LogP contribution in [-0.4, -0.2) is 22.8 Å². The van der Waals surface area contributed by atoms with Gasteiger partial charge in [0, 0.05) is 97.5 Å². The van der Waals surface area contributed by atoms with Gasteiger partial charge >= 0.3 is 13.7 Å². The van der Waals surface area contributed by atoms with Crippen LogP contribution in [0.2, 0.25) is 0 Å². The van der Waals surface area contributed by atoms with Crippen LogP contribution in [0.25, 0.3) is 173 Å². The summed E-state index contributed by atoms with van der Waals surface area (Å²) in [6, 6.07) is 113. The van der Waals surface area contributed by atoms with Crippen LogP contribution in [0.3, 0.4) is 0 Å². The molecule has 0 saturated heterocycles. The van der Waals surface area contributed by atoms with Gasteiger partial charge < -0.3 is 18.8 Å². The Bertz CT molecular complexity index is 7580. The fourth-order valence-corrected chi connectivity index (χ4v) is 24.0. The smallest absolute Gasteiger partial charge is 0.333 e. The summed E-state index contributed by atoms with van der Waals surface area (Å²) in [5.74, 6) is 0. The topological polar surface area (TPSA) is 16.3 Å².